The van der Waals surface area contributed by atoms with Crippen LogP contribution in [0.5, 0.6) is 0 Å². The van der Waals surface area contributed by atoms with E-state index in [0.717, 1.165) is 25.7 Å². The lowest BCUT2D eigenvalue weighted by atomic mass is 10.2. The van der Waals surface area contributed by atoms with Gasteiger partial charge in [0, 0.05) is 6.54 Å². The molecule has 0 aliphatic rings. The van der Waals surface area contributed by atoms with E-state index in [-0.39, 0.29) is 31.3 Å². The van der Waals surface area contributed by atoms with Crippen molar-refractivity contribution in [1.82, 2.24) is 10.2 Å². The first-order valence-electron chi connectivity index (χ1n) is 6.66. The van der Waals surface area contributed by atoms with Crippen LogP contribution in [-0.2, 0) is 14.4 Å². The molecule has 0 aliphatic heterocycles. The summed E-state index contributed by atoms with van der Waals surface area (Å²) in [7, 11) is 0. The molecule has 0 fully saturated rings. The summed E-state index contributed by atoms with van der Waals surface area (Å²) in [5.41, 5.74) is 0. The highest BCUT2D eigenvalue weighted by Gasteiger charge is 2.15. The molecule has 0 rings (SSSR count). The summed E-state index contributed by atoms with van der Waals surface area (Å²) in [4.78, 5) is 34.5. The van der Waals surface area contributed by atoms with Crippen LogP contribution in [0.3, 0.4) is 0 Å². The molecule has 19 heavy (non-hydrogen) atoms. The molecule has 6 heteroatoms. The maximum absolute atomic E-state index is 11.6. The van der Waals surface area contributed by atoms with Gasteiger partial charge in [-0.15, -0.1) is 0 Å². The molecule has 0 atom stereocenters. The van der Waals surface area contributed by atoms with Crippen LogP contribution in [0.2, 0.25) is 0 Å². The van der Waals surface area contributed by atoms with Gasteiger partial charge in [0.25, 0.3) is 0 Å². The molecule has 0 heterocycles. The topological polar surface area (TPSA) is 86.7 Å². The predicted molar refractivity (Wildman–Crippen MR) is 71.9 cm³/mol. The third-order valence-electron chi connectivity index (χ3n) is 2.52. The minimum Gasteiger partial charge on any atom is -0.480 e. The number of hydrogen-bond acceptors (Lipinski definition) is 4. The Morgan fingerprint density at radius 3 is 2.26 bits per heavy atom. The van der Waals surface area contributed by atoms with E-state index in [0.29, 0.717) is 6.54 Å². The van der Waals surface area contributed by atoms with Crippen molar-refractivity contribution in [1.29, 1.82) is 0 Å². The molecule has 110 valence electrons. The molecule has 2 N–H and O–H groups in total. The predicted octanol–water partition coefficient (Wildman–Crippen LogP) is 0.659. The fourth-order valence-electron chi connectivity index (χ4n) is 1.71. The summed E-state index contributed by atoms with van der Waals surface area (Å²) in [6.45, 7) is 3.71. The normalized spacial score (nSPS) is 10.5. The first kappa shape index (κ1) is 17.6. The summed E-state index contributed by atoms with van der Waals surface area (Å²) in [5, 5.41) is 11.4. The average molecular weight is 272 g/mol. The monoisotopic (exact) mass is 272 g/mol. The minimum atomic E-state index is -1.04. The van der Waals surface area contributed by atoms with Gasteiger partial charge in [0.15, 0.2) is 0 Å². The van der Waals surface area contributed by atoms with Crippen molar-refractivity contribution < 1.29 is 19.5 Å². The molecule has 0 radical (unpaired) electrons. The lowest BCUT2D eigenvalue weighted by molar-refractivity contribution is -0.139. The fourth-order valence-corrected chi connectivity index (χ4v) is 1.71. The van der Waals surface area contributed by atoms with Gasteiger partial charge >= 0.3 is 5.97 Å². The van der Waals surface area contributed by atoms with Gasteiger partial charge in [0.2, 0.25) is 5.91 Å². The van der Waals surface area contributed by atoms with E-state index in [2.05, 4.69) is 12.2 Å². The Morgan fingerprint density at radius 1 is 1.05 bits per heavy atom. The number of aliphatic carboxylic acids is 1. The van der Waals surface area contributed by atoms with Gasteiger partial charge in [0.1, 0.15) is 5.78 Å². The zero-order valence-corrected chi connectivity index (χ0v) is 11.8. The Bertz CT molecular complexity index is 289. The van der Waals surface area contributed by atoms with Crippen molar-refractivity contribution in [3.63, 3.8) is 0 Å². The third kappa shape index (κ3) is 11.4. The van der Waals surface area contributed by atoms with E-state index >= 15 is 0 Å². The summed E-state index contributed by atoms with van der Waals surface area (Å²) >= 11 is 0. The van der Waals surface area contributed by atoms with Crippen LogP contribution in [0.4, 0.5) is 0 Å². The van der Waals surface area contributed by atoms with Crippen molar-refractivity contribution >= 4 is 17.7 Å². The molecule has 0 aliphatic carbocycles. The second-order valence-corrected chi connectivity index (χ2v) is 4.65. The zero-order valence-electron chi connectivity index (χ0n) is 11.8. The van der Waals surface area contributed by atoms with Gasteiger partial charge in [-0.25, -0.2) is 0 Å². The molecule has 0 saturated carbocycles. The van der Waals surface area contributed by atoms with Crippen molar-refractivity contribution in [2.45, 2.75) is 39.5 Å². The van der Waals surface area contributed by atoms with Gasteiger partial charge in [-0.05, 0) is 13.3 Å². The van der Waals surface area contributed by atoms with E-state index < -0.39 is 5.97 Å². The maximum atomic E-state index is 11.6. The van der Waals surface area contributed by atoms with Crippen LogP contribution in [-0.4, -0.2) is 53.8 Å². The van der Waals surface area contributed by atoms with Gasteiger partial charge < -0.3 is 10.4 Å². The number of amides is 1. The van der Waals surface area contributed by atoms with E-state index in [1.54, 1.807) is 0 Å². The number of ketones is 1. The van der Waals surface area contributed by atoms with Crippen LogP contribution < -0.4 is 5.32 Å². The average Bonchev–Trinajstić information content (AvgIpc) is 2.26. The summed E-state index contributed by atoms with van der Waals surface area (Å²) in [5.74, 6) is -1.44. The van der Waals surface area contributed by atoms with Crippen molar-refractivity contribution in [2.75, 3.05) is 26.2 Å². The smallest absolute Gasteiger partial charge is 0.317 e. The molecular formula is C13H24N2O4. The molecule has 0 aromatic rings. The van der Waals surface area contributed by atoms with Crippen LogP contribution in [0.15, 0.2) is 0 Å². The number of unbranched alkanes of at least 4 members (excludes halogenated alkanes) is 3. The lowest BCUT2D eigenvalue weighted by Crippen LogP contribution is -2.42. The maximum Gasteiger partial charge on any atom is 0.317 e. The summed E-state index contributed by atoms with van der Waals surface area (Å²) in [6, 6.07) is 0. The SMILES string of the molecule is CCCCCCNC(=O)CN(CC(C)=O)CC(=O)O. The van der Waals surface area contributed by atoms with Crippen molar-refractivity contribution in [2.24, 2.45) is 0 Å². The lowest BCUT2D eigenvalue weighted by Gasteiger charge is -2.18. The third-order valence-corrected chi connectivity index (χ3v) is 2.52. The Kier molecular flexibility index (Phi) is 9.70. The zero-order chi connectivity index (χ0) is 14.7. The van der Waals surface area contributed by atoms with E-state index in [1.165, 1.54) is 11.8 Å². The Morgan fingerprint density at radius 2 is 1.74 bits per heavy atom. The van der Waals surface area contributed by atoms with Crippen LogP contribution in [0, 0.1) is 0 Å². The second kappa shape index (κ2) is 10.5. The second-order valence-electron chi connectivity index (χ2n) is 4.65. The molecule has 0 unspecified atom stereocenters. The molecule has 1 amide bonds. The number of nitrogens with one attached hydrogen (secondary N) is 1. The van der Waals surface area contributed by atoms with Crippen molar-refractivity contribution in [3.8, 4) is 0 Å². The molecule has 0 saturated heterocycles. The molecule has 0 bridgehead atoms. The van der Waals surface area contributed by atoms with Crippen LogP contribution >= 0.6 is 0 Å². The number of carbonyl (C=O) groups is 3. The number of carbonyl (C=O) groups excluding carboxylic acids is 2. The van der Waals surface area contributed by atoms with E-state index in [9.17, 15) is 14.4 Å². The van der Waals surface area contributed by atoms with E-state index in [1.807, 2.05) is 0 Å². The molecule has 0 spiro atoms. The minimum absolute atomic E-state index is 0.0183. The van der Waals surface area contributed by atoms with Gasteiger partial charge in [0.05, 0.1) is 19.6 Å². The van der Waals surface area contributed by atoms with Gasteiger partial charge in [-0.1, -0.05) is 26.2 Å². The highest BCUT2D eigenvalue weighted by Crippen LogP contribution is 1.97. The molecule has 0 aromatic heterocycles. The largest absolute Gasteiger partial charge is 0.480 e. The molecule has 0 aromatic carbocycles. The number of carboxylic acids is 1. The Labute approximate surface area is 114 Å². The highest BCUT2D eigenvalue weighted by molar-refractivity contribution is 5.82. The first-order chi connectivity index (χ1) is 8.95. The Balaban J connectivity index is 3.94. The number of nitrogens with zero attached hydrogens (tertiary/aromatic N) is 1. The fraction of sp³-hybridized carbons (Fsp3) is 0.769. The first-order valence-corrected chi connectivity index (χ1v) is 6.66. The van der Waals surface area contributed by atoms with Crippen LogP contribution in [0.25, 0.3) is 0 Å². The molecule has 6 nitrogen and oxygen atoms in total. The van der Waals surface area contributed by atoms with Crippen molar-refractivity contribution in [3.05, 3.63) is 0 Å². The number of hydrogen-bond donors (Lipinski definition) is 2. The Hall–Kier alpha value is -1.43. The van der Waals surface area contributed by atoms with Gasteiger partial charge in [-0.3, -0.25) is 19.3 Å². The number of carboxylic acid groups (broad SMARTS) is 1. The summed E-state index contributed by atoms with van der Waals surface area (Å²) in [6.07, 6.45) is 4.28. The standard InChI is InChI=1S/C13H24N2O4/c1-3-4-5-6-7-14-12(17)9-15(8-11(2)16)10-13(18)19/h3-10H2,1-2H3,(H,14,17)(H,18,19). The number of Topliss-reactive ketones (excluding diaryl/α,β-unsaturated/α-hetero) is 1. The summed E-state index contributed by atoms with van der Waals surface area (Å²) < 4.78 is 0. The molecular weight excluding hydrogens is 248 g/mol. The highest BCUT2D eigenvalue weighted by atomic mass is 16.4. The van der Waals surface area contributed by atoms with Crippen LogP contribution in [0.1, 0.15) is 39.5 Å². The quantitative estimate of drug-likeness (QED) is 0.540. The van der Waals surface area contributed by atoms with Gasteiger partial charge in [-0.2, -0.15) is 0 Å². The number of rotatable bonds is 11. The van der Waals surface area contributed by atoms with E-state index in [4.69, 9.17) is 5.11 Å².